The van der Waals surface area contributed by atoms with Crippen LogP contribution in [0.15, 0.2) is 23.2 Å². The standard InChI is InChI=1S/C16H19F3N2/c17-16(18,19)12-6-7-14-13(10-12)15(21-9-8-20-14)11-4-2-1-3-5-11/h6-7,10-11,20H,1-5,8-9H2. The quantitative estimate of drug-likeness (QED) is 0.810. The molecule has 0 aromatic heterocycles. The first-order valence-corrected chi connectivity index (χ1v) is 7.55. The fourth-order valence-corrected chi connectivity index (χ4v) is 3.26. The molecule has 1 N–H and O–H groups in total. The van der Waals surface area contributed by atoms with E-state index in [2.05, 4.69) is 10.3 Å². The van der Waals surface area contributed by atoms with Gasteiger partial charge in [-0.15, -0.1) is 0 Å². The zero-order valence-corrected chi connectivity index (χ0v) is 11.8. The summed E-state index contributed by atoms with van der Waals surface area (Å²) in [5.41, 5.74) is 1.72. The van der Waals surface area contributed by atoms with E-state index in [1.54, 1.807) is 6.07 Å². The summed E-state index contributed by atoms with van der Waals surface area (Å²) in [4.78, 5) is 4.60. The Morgan fingerprint density at radius 3 is 2.57 bits per heavy atom. The van der Waals surface area contributed by atoms with Gasteiger partial charge in [0.1, 0.15) is 0 Å². The van der Waals surface area contributed by atoms with E-state index in [0.29, 0.717) is 24.6 Å². The van der Waals surface area contributed by atoms with Crippen LogP contribution in [0.2, 0.25) is 0 Å². The van der Waals surface area contributed by atoms with Gasteiger partial charge in [0.05, 0.1) is 12.1 Å². The number of aliphatic imine (C=N–C) groups is 1. The summed E-state index contributed by atoms with van der Waals surface area (Å²) in [5.74, 6) is 0.306. The molecule has 1 saturated carbocycles. The van der Waals surface area contributed by atoms with Crippen molar-refractivity contribution in [2.45, 2.75) is 38.3 Å². The zero-order valence-electron chi connectivity index (χ0n) is 11.8. The molecule has 5 heteroatoms. The average molecular weight is 296 g/mol. The van der Waals surface area contributed by atoms with Crippen LogP contribution >= 0.6 is 0 Å². The van der Waals surface area contributed by atoms with E-state index in [1.807, 2.05) is 0 Å². The van der Waals surface area contributed by atoms with E-state index in [4.69, 9.17) is 0 Å². The second kappa shape index (κ2) is 5.70. The second-order valence-electron chi connectivity index (χ2n) is 5.79. The molecule has 0 radical (unpaired) electrons. The number of anilines is 1. The van der Waals surface area contributed by atoms with Gasteiger partial charge in [-0.25, -0.2) is 0 Å². The molecular weight excluding hydrogens is 277 g/mol. The van der Waals surface area contributed by atoms with Crippen molar-refractivity contribution in [3.63, 3.8) is 0 Å². The smallest absolute Gasteiger partial charge is 0.383 e. The lowest BCUT2D eigenvalue weighted by Crippen LogP contribution is -2.20. The highest BCUT2D eigenvalue weighted by atomic mass is 19.4. The van der Waals surface area contributed by atoms with Gasteiger partial charge in [0, 0.05) is 29.4 Å². The predicted octanol–water partition coefficient (Wildman–Crippen LogP) is 4.50. The molecule has 0 amide bonds. The highest BCUT2D eigenvalue weighted by molar-refractivity contribution is 6.07. The highest BCUT2D eigenvalue weighted by Crippen LogP contribution is 2.35. The number of nitrogens with one attached hydrogen (secondary N) is 1. The van der Waals surface area contributed by atoms with Gasteiger partial charge in [0.2, 0.25) is 0 Å². The number of hydrogen-bond donors (Lipinski definition) is 1. The monoisotopic (exact) mass is 296 g/mol. The van der Waals surface area contributed by atoms with Crippen LogP contribution in [0.3, 0.4) is 0 Å². The van der Waals surface area contributed by atoms with Gasteiger partial charge in [-0.05, 0) is 31.0 Å². The van der Waals surface area contributed by atoms with Gasteiger partial charge in [-0.3, -0.25) is 4.99 Å². The van der Waals surface area contributed by atoms with Crippen molar-refractivity contribution in [2.24, 2.45) is 10.9 Å². The van der Waals surface area contributed by atoms with Crippen LogP contribution in [0.4, 0.5) is 18.9 Å². The number of halogens is 3. The minimum Gasteiger partial charge on any atom is -0.383 e. The third-order valence-corrected chi connectivity index (χ3v) is 4.32. The van der Waals surface area contributed by atoms with Gasteiger partial charge in [0.25, 0.3) is 0 Å². The molecule has 2 aliphatic rings. The summed E-state index contributed by atoms with van der Waals surface area (Å²) < 4.78 is 38.9. The van der Waals surface area contributed by atoms with Gasteiger partial charge in [-0.2, -0.15) is 13.2 Å². The van der Waals surface area contributed by atoms with E-state index < -0.39 is 11.7 Å². The van der Waals surface area contributed by atoms with Crippen molar-refractivity contribution in [1.82, 2.24) is 0 Å². The summed E-state index contributed by atoms with van der Waals surface area (Å²) in [5, 5.41) is 3.19. The molecule has 21 heavy (non-hydrogen) atoms. The van der Waals surface area contributed by atoms with Crippen LogP contribution in [0.1, 0.15) is 43.2 Å². The Labute approximate surface area is 122 Å². The lowest BCUT2D eigenvalue weighted by Gasteiger charge is -2.24. The lowest BCUT2D eigenvalue weighted by atomic mass is 9.82. The maximum absolute atomic E-state index is 13.0. The summed E-state index contributed by atoms with van der Waals surface area (Å²) in [6.45, 7) is 1.30. The summed E-state index contributed by atoms with van der Waals surface area (Å²) in [6, 6.07) is 3.96. The van der Waals surface area contributed by atoms with Crippen molar-refractivity contribution in [1.29, 1.82) is 0 Å². The summed E-state index contributed by atoms with van der Waals surface area (Å²) in [7, 11) is 0. The van der Waals surface area contributed by atoms with Crippen molar-refractivity contribution in [3.8, 4) is 0 Å². The Kier molecular flexibility index (Phi) is 3.91. The van der Waals surface area contributed by atoms with Crippen LogP contribution < -0.4 is 5.32 Å². The van der Waals surface area contributed by atoms with E-state index in [-0.39, 0.29) is 0 Å². The lowest BCUT2D eigenvalue weighted by molar-refractivity contribution is -0.137. The number of alkyl halides is 3. The first kappa shape index (κ1) is 14.4. The minimum atomic E-state index is -4.31. The molecule has 3 rings (SSSR count). The number of benzene rings is 1. The Morgan fingerprint density at radius 1 is 1.10 bits per heavy atom. The number of fused-ring (bicyclic) bond motifs is 1. The van der Waals surface area contributed by atoms with Gasteiger partial charge in [0.15, 0.2) is 0 Å². The molecular formula is C16H19F3N2. The van der Waals surface area contributed by atoms with E-state index in [9.17, 15) is 13.2 Å². The maximum Gasteiger partial charge on any atom is 0.416 e. The molecule has 1 fully saturated rings. The number of nitrogens with zero attached hydrogens (tertiary/aromatic N) is 1. The molecule has 0 atom stereocenters. The van der Waals surface area contributed by atoms with Crippen LogP contribution in [-0.4, -0.2) is 18.8 Å². The van der Waals surface area contributed by atoms with Gasteiger partial charge < -0.3 is 5.32 Å². The Morgan fingerprint density at radius 2 is 1.86 bits per heavy atom. The maximum atomic E-state index is 13.0. The molecule has 114 valence electrons. The van der Waals surface area contributed by atoms with Crippen molar-refractivity contribution >= 4 is 11.4 Å². The molecule has 0 spiro atoms. The van der Waals surface area contributed by atoms with Crippen LogP contribution in [0.5, 0.6) is 0 Å². The molecule has 0 unspecified atom stereocenters. The van der Waals surface area contributed by atoms with E-state index >= 15 is 0 Å². The third kappa shape index (κ3) is 3.06. The van der Waals surface area contributed by atoms with Crippen LogP contribution in [-0.2, 0) is 6.18 Å². The molecule has 1 aliphatic carbocycles. The van der Waals surface area contributed by atoms with Crippen LogP contribution in [0, 0.1) is 5.92 Å². The fourth-order valence-electron chi connectivity index (χ4n) is 3.26. The second-order valence-corrected chi connectivity index (χ2v) is 5.79. The van der Waals surface area contributed by atoms with Crippen molar-refractivity contribution < 1.29 is 13.2 Å². The SMILES string of the molecule is FC(F)(F)c1ccc2c(c1)C(C1CCCCC1)=NCCN2. The Balaban J connectivity index is 2.01. The van der Waals surface area contributed by atoms with Crippen LogP contribution in [0.25, 0.3) is 0 Å². The molecule has 1 aliphatic heterocycles. The van der Waals surface area contributed by atoms with Crippen molar-refractivity contribution in [3.05, 3.63) is 29.3 Å². The minimum absolute atomic E-state index is 0.306. The molecule has 1 aromatic carbocycles. The van der Waals surface area contributed by atoms with E-state index in [1.165, 1.54) is 12.5 Å². The predicted molar refractivity (Wildman–Crippen MR) is 77.9 cm³/mol. The third-order valence-electron chi connectivity index (χ3n) is 4.32. The molecule has 0 saturated heterocycles. The average Bonchev–Trinajstić information content (AvgIpc) is 2.69. The summed E-state index contributed by atoms with van der Waals surface area (Å²) >= 11 is 0. The Hall–Kier alpha value is -1.52. The number of rotatable bonds is 1. The normalized spacial score (nSPS) is 20.2. The molecule has 0 bridgehead atoms. The highest BCUT2D eigenvalue weighted by Gasteiger charge is 2.32. The molecule has 2 nitrogen and oxygen atoms in total. The molecule has 1 heterocycles. The van der Waals surface area contributed by atoms with Gasteiger partial charge in [-0.1, -0.05) is 19.3 Å². The first-order valence-electron chi connectivity index (χ1n) is 7.55. The van der Waals surface area contributed by atoms with E-state index in [0.717, 1.165) is 43.1 Å². The topological polar surface area (TPSA) is 24.4 Å². The Bertz CT molecular complexity index is 543. The van der Waals surface area contributed by atoms with Crippen molar-refractivity contribution in [2.75, 3.05) is 18.4 Å². The van der Waals surface area contributed by atoms with Gasteiger partial charge >= 0.3 is 6.18 Å². The fraction of sp³-hybridized carbons (Fsp3) is 0.562. The largest absolute Gasteiger partial charge is 0.416 e. The number of benzodiazepines with no additional fused rings is 1. The first-order chi connectivity index (χ1) is 10.1. The number of hydrogen-bond acceptors (Lipinski definition) is 2. The zero-order chi connectivity index (χ0) is 14.9. The summed E-state index contributed by atoms with van der Waals surface area (Å²) in [6.07, 6.45) is 1.27. The molecule has 1 aromatic rings.